The van der Waals surface area contributed by atoms with Crippen molar-refractivity contribution < 1.29 is 9.53 Å². The average Bonchev–Trinajstić information content (AvgIpc) is 2.85. The maximum Gasteiger partial charge on any atom is 0.274 e. The molecule has 104 valence electrons. The van der Waals surface area contributed by atoms with Gasteiger partial charge in [-0.15, -0.1) is 0 Å². The molecule has 0 saturated heterocycles. The van der Waals surface area contributed by atoms with E-state index in [1.165, 1.54) is 13.3 Å². The Morgan fingerprint density at radius 3 is 2.80 bits per heavy atom. The van der Waals surface area contributed by atoms with Gasteiger partial charge in [-0.05, 0) is 18.2 Å². The number of methoxy groups -OCH3 is 1. The summed E-state index contributed by atoms with van der Waals surface area (Å²) in [4.78, 5) is 16.3. The van der Waals surface area contributed by atoms with Gasteiger partial charge in [0.05, 0.1) is 25.3 Å². The molecule has 2 rings (SSSR count). The van der Waals surface area contributed by atoms with E-state index < -0.39 is 0 Å². The number of rotatable bonds is 4. The van der Waals surface area contributed by atoms with Crippen LogP contribution in [0.4, 0.5) is 5.69 Å². The Kier molecular flexibility index (Phi) is 3.99. The lowest BCUT2D eigenvalue weighted by molar-refractivity contribution is 0.101. The fourth-order valence-corrected chi connectivity index (χ4v) is 1.84. The third kappa shape index (κ3) is 2.77. The molecule has 0 aliphatic heterocycles. The molecule has 0 fully saturated rings. The molecule has 0 saturated carbocycles. The molecule has 0 aliphatic rings. The Bertz CT molecular complexity index is 666. The van der Waals surface area contributed by atoms with E-state index in [0.29, 0.717) is 22.7 Å². The Morgan fingerprint density at radius 1 is 1.50 bits per heavy atom. The zero-order valence-corrected chi connectivity index (χ0v) is 11.9. The summed E-state index contributed by atoms with van der Waals surface area (Å²) in [5, 5.41) is 2.76. The van der Waals surface area contributed by atoms with E-state index in [1.54, 1.807) is 36.1 Å². The van der Waals surface area contributed by atoms with Crippen LogP contribution in [0.25, 0.3) is 0 Å². The fourth-order valence-electron chi connectivity index (χ4n) is 1.71. The lowest BCUT2D eigenvalue weighted by Gasteiger charge is -2.11. The molecule has 0 bridgehead atoms. The van der Waals surface area contributed by atoms with Crippen molar-refractivity contribution in [3.05, 3.63) is 42.0 Å². The molecule has 0 aliphatic carbocycles. The van der Waals surface area contributed by atoms with Crippen LogP contribution in [0.15, 0.2) is 30.7 Å². The molecule has 2 aromatic rings. The molecule has 1 amide bonds. The summed E-state index contributed by atoms with van der Waals surface area (Å²) in [5.41, 5.74) is 7.23. The normalized spacial score (nSPS) is 10.1. The number of anilines is 1. The Labute approximate surface area is 121 Å². The summed E-state index contributed by atoms with van der Waals surface area (Å²) in [6.45, 7) is 0. The molecule has 0 radical (unpaired) electrons. The molecular weight excluding hydrogens is 276 g/mol. The highest BCUT2D eigenvalue weighted by atomic mass is 32.1. The highest BCUT2D eigenvalue weighted by Crippen LogP contribution is 2.26. The van der Waals surface area contributed by atoms with E-state index in [9.17, 15) is 4.79 Å². The van der Waals surface area contributed by atoms with E-state index in [4.69, 9.17) is 22.7 Å². The van der Waals surface area contributed by atoms with Gasteiger partial charge >= 0.3 is 0 Å². The van der Waals surface area contributed by atoms with Crippen molar-refractivity contribution in [2.24, 2.45) is 12.8 Å². The van der Waals surface area contributed by atoms with Gasteiger partial charge in [0.15, 0.2) is 0 Å². The largest absolute Gasteiger partial charge is 0.495 e. The standard InChI is InChI=1S/C13H14N4O2S/c1-17-7-15-6-10(17)13(18)16-9-4-3-8(12(14)20)5-11(9)19-2/h3-7H,1-2H3,(H2,14,20)(H,16,18). The first kappa shape index (κ1) is 14.0. The fraction of sp³-hybridized carbons (Fsp3) is 0.154. The second-order valence-corrected chi connectivity index (χ2v) is 4.56. The number of hydrogen-bond acceptors (Lipinski definition) is 4. The van der Waals surface area contributed by atoms with Crippen LogP contribution in [-0.2, 0) is 7.05 Å². The molecular formula is C13H14N4O2S. The van der Waals surface area contributed by atoms with Gasteiger partial charge in [0, 0.05) is 12.6 Å². The minimum atomic E-state index is -0.272. The molecule has 0 unspecified atom stereocenters. The van der Waals surface area contributed by atoms with Gasteiger partial charge in [0.1, 0.15) is 16.4 Å². The van der Waals surface area contributed by atoms with Crippen LogP contribution in [-0.4, -0.2) is 27.6 Å². The van der Waals surface area contributed by atoms with Crippen LogP contribution < -0.4 is 15.8 Å². The van der Waals surface area contributed by atoms with E-state index in [1.807, 2.05) is 0 Å². The van der Waals surface area contributed by atoms with Crippen molar-refractivity contribution in [3.8, 4) is 5.75 Å². The van der Waals surface area contributed by atoms with Crippen molar-refractivity contribution >= 4 is 28.8 Å². The van der Waals surface area contributed by atoms with Crippen molar-refractivity contribution in [1.29, 1.82) is 0 Å². The first-order valence-corrected chi connectivity index (χ1v) is 6.19. The molecule has 0 spiro atoms. The molecule has 20 heavy (non-hydrogen) atoms. The predicted octanol–water partition coefficient (Wildman–Crippen LogP) is 1.32. The zero-order chi connectivity index (χ0) is 14.7. The maximum absolute atomic E-state index is 12.1. The summed E-state index contributed by atoms with van der Waals surface area (Å²) in [6, 6.07) is 5.10. The maximum atomic E-state index is 12.1. The van der Waals surface area contributed by atoms with Gasteiger partial charge in [-0.2, -0.15) is 0 Å². The van der Waals surface area contributed by atoms with Crippen LogP contribution in [0.3, 0.4) is 0 Å². The lowest BCUT2D eigenvalue weighted by atomic mass is 10.2. The van der Waals surface area contributed by atoms with Crippen molar-refractivity contribution in [2.75, 3.05) is 12.4 Å². The van der Waals surface area contributed by atoms with Gasteiger partial charge in [-0.3, -0.25) is 4.79 Å². The number of benzene rings is 1. The lowest BCUT2D eigenvalue weighted by Crippen LogP contribution is -2.16. The Morgan fingerprint density at radius 2 is 2.25 bits per heavy atom. The van der Waals surface area contributed by atoms with E-state index in [2.05, 4.69) is 10.3 Å². The number of aromatic nitrogens is 2. The Hall–Kier alpha value is -2.41. The minimum Gasteiger partial charge on any atom is -0.495 e. The van der Waals surface area contributed by atoms with Crippen LogP contribution in [0.5, 0.6) is 5.75 Å². The summed E-state index contributed by atoms with van der Waals surface area (Å²) < 4.78 is 6.86. The number of ether oxygens (including phenoxy) is 1. The number of imidazole rings is 1. The van der Waals surface area contributed by atoms with Crippen molar-refractivity contribution in [3.63, 3.8) is 0 Å². The number of hydrogen-bond donors (Lipinski definition) is 2. The van der Waals surface area contributed by atoms with Gasteiger partial charge in [-0.25, -0.2) is 4.98 Å². The number of aryl methyl sites for hydroxylation is 1. The van der Waals surface area contributed by atoms with Crippen LogP contribution in [0.2, 0.25) is 0 Å². The third-order valence-electron chi connectivity index (χ3n) is 2.78. The topological polar surface area (TPSA) is 82.2 Å². The number of thiocarbonyl (C=S) groups is 1. The van der Waals surface area contributed by atoms with Gasteiger partial charge in [-0.1, -0.05) is 12.2 Å². The molecule has 7 heteroatoms. The quantitative estimate of drug-likeness (QED) is 0.830. The van der Waals surface area contributed by atoms with Crippen molar-refractivity contribution in [2.45, 2.75) is 0 Å². The number of carbonyl (C=O) groups excluding carboxylic acids is 1. The van der Waals surface area contributed by atoms with Gasteiger partial charge < -0.3 is 20.4 Å². The second kappa shape index (κ2) is 5.70. The molecule has 0 atom stereocenters. The first-order valence-electron chi connectivity index (χ1n) is 5.78. The third-order valence-corrected chi connectivity index (χ3v) is 3.02. The molecule has 3 N–H and O–H groups in total. The number of amides is 1. The number of nitrogens with one attached hydrogen (secondary N) is 1. The average molecular weight is 290 g/mol. The zero-order valence-electron chi connectivity index (χ0n) is 11.1. The summed E-state index contributed by atoms with van der Waals surface area (Å²) in [6.07, 6.45) is 3.05. The summed E-state index contributed by atoms with van der Waals surface area (Å²) >= 11 is 4.91. The van der Waals surface area contributed by atoms with E-state index in [-0.39, 0.29) is 10.9 Å². The van der Waals surface area contributed by atoms with Gasteiger partial charge in [0.2, 0.25) is 0 Å². The van der Waals surface area contributed by atoms with Gasteiger partial charge in [0.25, 0.3) is 5.91 Å². The number of nitrogens with two attached hydrogens (primary N) is 1. The monoisotopic (exact) mass is 290 g/mol. The van der Waals surface area contributed by atoms with Crippen LogP contribution >= 0.6 is 12.2 Å². The molecule has 1 aromatic carbocycles. The highest BCUT2D eigenvalue weighted by Gasteiger charge is 2.13. The molecule has 6 nitrogen and oxygen atoms in total. The predicted molar refractivity (Wildman–Crippen MR) is 80.0 cm³/mol. The van der Waals surface area contributed by atoms with Crippen LogP contribution in [0.1, 0.15) is 16.1 Å². The smallest absolute Gasteiger partial charge is 0.274 e. The SMILES string of the molecule is COc1cc(C(N)=S)ccc1NC(=O)c1cncn1C. The van der Waals surface area contributed by atoms with E-state index >= 15 is 0 Å². The minimum absolute atomic E-state index is 0.271. The molecule has 1 heterocycles. The second-order valence-electron chi connectivity index (χ2n) is 4.12. The van der Waals surface area contributed by atoms with E-state index in [0.717, 1.165) is 0 Å². The highest BCUT2D eigenvalue weighted by molar-refractivity contribution is 7.80. The first-order chi connectivity index (χ1) is 9.52. The van der Waals surface area contributed by atoms with Crippen LogP contribution in [0, 0.1) is 0 Å². The number of carbonyl (C=O) groups is 1. The Balaban J connectivity index is 2.27. The van der Waals surface area contributed by atoms with Crippen molar-refractivity contribution in [1.82, 2.24) is 9.55 Å². The number of nitrogens with zero attached hydrogens (tertiary/aromatic N) is 2. The summed E-state index contributed by atoms with van der Waals surface area (Å²) in [5.74, 6) is 0.220. The molecule has 1 aromatic heterocycles. The summed E-state index contributed by atoms with van der Waals surface area (Å²) in [7, 11) is 3.26.